The minimum atomic E-state index is -2.87. The van der Waals surface area contributed by atoms with Crippen molar-refractivity contribution in [3.63, 3.8) is 0 Å². The van der Waals surface area contributed by atoms with Gasteiger partial charge in [0.2, 0.25) is 0 Å². The fourth-order valence-corrected chi connectivity index (χ4v) is 7.57. The lowest BCUT2D eigenvalue weighted by Crippen LogP contribution is -2.05. The molecule has 0 atom stereocenters. The first-order chi connectivity index (χ1) is 11.8. The lowest BCUT2D eigenvalue weighted by Gasteiger charge is -2.27. The first-order valence-corrected chi connectivity index (χ1v) is 13.2. The highest BCUT2D eigenvalue weighted by Crippen LogP contribution is 2.66. The first-order valence-electron chi connectivity index (χ1n) is 8.05. The van der Waals surface area contributed by atoms with E-state index < -0.39 is 19.6 Å². The molecule has 0 heterocycles. The number of rotatable bonds is 12. The van der Waals surface area contributed by atoms with Crippen molar-refractivity contribution in [1.29, 1.82) is 0 Å². The molecule has 0 saturated heterocycles. The van der Waals surface area contributed by atoms with Crippen LogP contribution < -0.4 is 0 Å². The van der Waals surface area contributed by atoms with E-state index in [-0.39, 0.29) is 0 Å². The van der Waals surface area contributed by atoms with Gasteiger partial charge >= 0.3 is 19.6 Å². The standard InChI is InChI=1S/C8H20O5P2S2.C5H10O3/c1-5-9-14(16,10-6-2)13-15(17,11-7-3)12-8-4;1-3-7-5(6)8-4-2/h5-8H2,1-4H3;3-4H2,1-2H3. The first kappa shape index (κ1) is 27.6. The van der Waals surface area contributed by atoms with E-state index in [0.29, 0.717) is 39.6 Å². The van der Waals surface area contributed by atoms with Gasteiger partial charge in [0.05, 0.1) is 39.6 Å². The van der Waals surface area contributed by atoms with Crippen LogP contribution in [0.3, 0.4) is 0 Å². The summed E-state index contributed by atoms with van der Waals surface area (Å²) in [5.74, 6) is 0. The fraction of sp³-hybridized carbons (Fsp3) is 0.923. The van der Waals surface area contributed by atoms with Crippen molar-refractivity contribution >= 4 is 43.2 Å². The molecule has 0 saturated carbocycles. The number of ether oxygens (including phenoxy) is 2. The molecule has 0 aliphatic heterocycles. The zero-order valence-corrected chi connectivity index (χ0v) is 19.1. The van der Waals surface area contributed by atoms with Crippen LogP contribution in [0, 0.1) is 0 Å². The minimum absolute atomic E-state index is 0.374. The molecule has 0 spiro atoms. The largest absolute Gasteiger partial charge is 0.508 e. The molecular weight excluding hydrogens is 410 g/mol. The van der Waals surface area contributed by atoms with Gasteiger partial charge in [0.15, 0.2) is 0 Å². The molecule has 0 radical (unpaired) electrons. The summed E-state index contributed by atoms with van der Waals surface area (Å²) in [6.45, 7) is 7.30. The summed E-state index contributed by atoms with van der Waals surface area (Å²) < 4.78 is 35.8. The zero-order valence-electron chi connectivity index (χ0n) is 15.7. The summed E-state index contributed by atoms with van der Waals surface area (Å²) >= 11 is 10.4. The second-order valence-corrected chi connectivity index (χ2v) is 9.92. The molecular formula is C13H30O8P2S2. The van der Waals surface area contributed by atoms with Gasteiger partial charge in [-0.3, -0.25) is 0 Å². The Morgan fingerprint density at radius 2 is 0.920 bits per heavy atom. The Morgan fingerprint density at radius 1 is 0.640 bits per heavy atom. The Balaban J connectivity index is 0. The molecule has 0 aromatic carbocycles. The molecule has 25 heavy (non-hydrogen) atoms. The van der Waals surface area contributed by atoms with Gasteiger partial charge in [-0.25, -0.2) is 9.11 Å². The SMILES string of the molecule is CCOC(=O)OCC.CCOP(=S)(OCC)OP(=S)(OCC)OCC. The Morgan fingerprint density at radius 3 is 1.12 bits per heavy atom. The highest BCUT2D eigenvalue weighted by atomic mass is 32.5. The molecule has 0 aliphatic rings. The summed E-state index contributed by atoms with van der Waals surface area (Å²) in [4.78, 5) is 10.2. The summed E-state index contributed by atoms with van der Waals surface area (Å²) in [6, 6.07) is 0. The van der Waals surface area contributed by atoms with E-state index >= 15 is 0 Å². The Kier molecular flexibility index (Phi) is 18.2. The lowest BCUT2D eigenvalue weighted by molar-refractivity contribution is 0.0630. The molecule has 0 amide bonds. The van der Waals surface area contributed by atoms with Crippen LogP contribution >= 0.6 is 13.4 Å². The molecule has 0 aliphatic carbocycles. The Hall–Kier alpha value is 0.370. The van der Waals surface area contributed by atoms with Crippen molar-refractivity contribution in [2.45, 2.75) is 41.5 Å². The van der Waals surface area contributed by atoms with Crippen molar-refractivity contribution in [3.8, 4) is 0 Å². The molecule has 8 nitrogen and oxygen atoms in total. The highest BCUT2D eigenvalue weighted by Gasteiger charge is 2.31. The van der Waals surface area contributed by atoms with Gasteiger partial charge < -0.3 is 27.6 Å². The summed E-state index contributed by atoms with van der Waals surface area (Å²) in [7, 11) is 0. The van der Waals surface area contributed by atoms with Crippen LogP contribution in [-0.2, 0) is 55.5 Å². The van der Waals surface area contributed by atoms with Crippen LogP contribution in [0.15, 0.2) is 0 Å². The summed E-state index contributed by atoms with van der Waals surface area (Å²) in [5, 5.41) is 0. The van der Waals surface area contributed by atoms with Gasteiger partial charge in [0.1, 0.15) is 0 Å². The van der Waals surface area contributed by atoms with E-state index in [1.807, 2.05) is 27.7 Å². The molecule has 0 rings (SSSR count). The van der Waals surface area contributed by atoms with Crippen LogP contribution in [0.25, 0.3) is 0 Å². The molecule has 0 aromatic heterocycles. The number of hydrogen-bond donors (Lipinski definition) is 0. The lowest BCUT2D eigenvalue weighted by atomic mass is 10.8. The zero-order chi connectivity index (χ0) is 19.8. The predicted molar refractivity (Wildman–Crippen MR) is 105 cm³/mol. The van der Waals surface area contributed by atoms with E-state index in [1.54, 1.807) is 13.8 Å². The molecule has 0 N–H and O–H groups in total. The summed E-state index contributed by atoms with van der Waals surface area (Å²) in [6.07, 6.45) is -0.588. The fourth-order valence-electron chi connectivity index (χ4n) is 1.20. The minimum Gasteiger partial charge on any atom is -0.435 e. The van der Waals surface area contributed by atoms with Gasteiger partial charge in [-0.2, -0.15) is 0 Å². The molecule has 0 bridgehead atoms. The van der Waals surface area contributed by atoms with E-state index in [4.69, 9.17) is 46.0 Å². The van der Waals surface area contributed by atoms with Crippen LogP contribution in [0.2, 0.25) is 0 Å². The van der Waals surface area contributed by atoms with Crippen molar-refractivity contribution in [1.82, 2.24) is 0 Å². The molecule has 0 unspecified atom stereocenters. The van der Waals surface area contributed by atoms with E-state index in [1.165, 1.54) is 0 Å². The molecule has 0 aromatic rings. The third-order valence-electron chi connectivity index (χ3n) is 1.87. The van der Waals surface area contributed by atoms with Crippen LogP contribution in [0.1, 0.15) is 41.5 Å². The van der Waals surface area contributed by atoms with E-state index in [2.05, 4.69) is 9.47 Å². The van der Waals surface area contributed by atoms with Gasteiger partial charge in [0.25, 0.3) is 0 Å². The predicted octanol–water partition coefficient (Wildman–Crippen LogP) is 4.78. The maximum absolute atomic E-state index is 10.2. The smallest absolute Gasteiger partial charge is 0.435 e. The number of carbonyl (C=O) groups excluding carboxylic acids is 1. The van der Waals surface area contributed by atoms with Crippen molar-refractivity contribution in [3.05, 3.63) is 0 Å². The van der Waals surface area contributed by atoms with Crippen molar-refractivity contribution < 1.29 is 36.7 Å². The topological polar surface area (TPSA) is 81.7 Å². The maximum Gasteiger partial charge on any atom is 0.508 e. The highest BCUT2D eigenvalue weighted by molar-refractivity contribution is 8.14. The van der Waals surface area contributed by atoms with Gasteiger partial charge in [0, 0.05) is 0 Å². The normalized spacial score (nSPS) is 11.4. The summed E-state index contributed by atoms with van der Waals surface area (Å²) in [5.41, 5.74) is 0. The van der Waals surface area contributed by atoms with Crippen LogP contribution in [0.4, 0.5) is 4.79 Å². The van der Waals surface area contributed by atoms with Gasteiger partial charge in [-0.05, 0) is 65.2 Å². The number of hydrogen-bond acceptors (Lipinski definition) is 10. The third kappa shape index (κ3) is 15.2. The Bertz CT molecular complexity index is 380. The van der Waals surface area contributed by atoms with Gasteiger partial charge in [-0.15, -0.1) is 0 Å². The van der Waals surface area contributed by atoms with Crippen LogP contribution in [0.5, 0.6) is 0 Å². The molecule has 0 fully saturated rings. The second-order valence-electron chi connectivity index (χ2n) is 3.76. The monoisotopic (exact) mass is 440 g/mol. The third-order valence-corrected chi connectivity index (χ3v) is 8.24. The van der Waals surface area contributed by atoms with Crippen molar-refractivity contribution in [2.75, 3.05) is 39.6 Å². The number of carbonyl (C=O) groups is 1. The average molecular weight is 440 g/mol. The van der Waals surface area contributed by atoms with E-state index in [0.717, 1.165) is 0 Å². The van der Waals surface area contributed by atoms with Crippen LogP contribution in [-0.4, -0.2) is 45.8 Å². The second kappa shape index (κ2) is 16.5. The quantitative estimate of drug-likeness (QED) is 0.312. The Labute approximate surface area is 161 Å². The maximum atomic E-state index is 10.2. The molecule has 152 valence electrons. The van der Waals surface area contributed by atoms with Crippen molar-refractivity contribution in [2.24, 2.45) is 0 Å². The average Bonchev–Trinajstić information content (AvgIpc) is 2.48. The van der Waals surface area contributed by atoms with E-state index in [9.17, 15) is 4.79 Å². The molecule has 12 heteroatoms. The van der Waals surface area contributed by atoms with Gasteiger partial charge in [-0.1, -0.05) is 0 Å².